The molecule has 1 atom stereocenters. The van der Waals surface area contributed by atoms with Crippen LogP contribution in [-0.2, 0) is 0 Å². The fourth-order valence-corrected chi connectivity index (χ4v) is 4.41. The lowest BCUT2D eigenvalue weighted by atomic mass is 10.1. The number of piperidine rings is 1. The number of rotatable bonds is 4. The molecule has 1 amide bonds. The third kappa shape index (κ3) is 3.38. The first-order valence-electron chi connectivity index (χ1n) is 8.45. The van der Waals surface area contributed by atoms with E-state index in [4.69, 9.17) is 17.3 Å². The number of benzene rings is 1. The summed E-state index contributed by atoms with van der Waals surface area (Å²) < 4.78 is 0.753. The molecule has 0 unspecified atom stereocenters. The number of halogens is 1. The molecule has 0 spiro atoms. The second-order valence-corrected chi connectivity index (χ2v) is 7.80. The molecular formula is C18H18ClN5OS. The summed E-state index contributed by atoms with van der Waals surface area (Å²) in [5, 5.41) is 16.7. The number of carbonyl (C=O) groups is 1. The van der Waals surface area contributed by atoms with Gasteiger partial charge in [0, 0.05) is 27.9 Å². The highest BCUT2D eigenvalue weighted by Crippen LogP contribution is 2.38. The second-order valence-electron chi connectivity index (χ2n) is 6.31. The number of aromatic nitrogens is 2. The zero-order chi connectivity index (χ0) is 18.1. The lowest BCUT2D eigenvalue weighted by Crippen LogP contribution is -2.38. The number of hydrogen-bond acceptors (Lipinski definition) is 6. The van der Waals surface area contributed by atoms with E-state index in [9.17, 15) is 4.79 Å². The Morgan fingerprint density at radius 1 is 1.31 bits per heavy atom. The summed E-state index contributed by atoms with van der Waals surface area (Å²) in [6.45, 7) is 1.92. The van der Waals surface area contributed by atoms with E-state index in [1.54, 1.807) is 0 Å². The Morgan fingerprint density at radius 2 is 2.12 bits per heavy atom. The van der Waals surface area contributed by atoms with E-state index in [1.165, 1.54) is 11.3 Å². The molecule has 2 aromatic heterocycles. The van der Waals surface area contributed by atoms with Crippen molar-refractivity contribution in [2.75, 3.05) is 18.4 Å². The van der Waals surface area contributed by atoms with Crippen molar-refractivity contribution < 1.29 is 4.79 Å². The summed E-state index contributed by atoms with van der Waals surface area (Å²) in [6, 6.07) is 9.92. The van der Waals surface area contributed by atoms with E-state index >= 15 is 0 Å². The Morgan fingerprint density at radius 3 is 2.81 bits per heavy atom. The number of amides is 1. The van der Waals surface area contributed by atoms with Crippen molar-refractivity contribution in [2.24, 2.45) is 5.73 Å². The molecule has 0 aliphatic carbocycles. The van der Waals surface area contributed by atoms with Gasteiger partial charge in [0.25, 0.3) is 5.91 Å². The van der Waals surface area contributed by atoms with Gasteiger partial charge in [0.15, 0.2) is 11.5 Å². The van der Waals surface area contributed by atoms with Crippen LogP contribution < -0.4 is 16.4 Å². The lowest BCUT2D eigenvalue weighted by Gasteiger charge is -2.24. The molecule has 3 heterocycles. The molecule has 0 radical (unpaired) electrons. The first-order chi connectivity index (χ1) is 12.6. The molecule has 134 valence electrons. The van der Waals surface area contributed by atoms with Gasteiger partial charge in [-0.3, -0.25) is 4.79 Å². The monoisotopic (exact) mass is 387 g/mol. The first kappa shape index (κ1) is 17.2. The quantitative estimate of drug-likeness (QED) is 0.638. The fourth-order valence-electron chi connectivity index (χ4n) is 3.13. The van der Waals surface area contributed by atoms with Crippen LogP contribution >= 0.6 is 22.9 Å². The van der Waals surface area contributed by atoms with Gasteiger partial charge in [0.1, 0.15) is 0 Å². The first-order valence-corrected chi connectivity index (χ1v) is 9.64. The van der Waals surface area contributed by atoms with Crippen LogP contribution in [0.3, 0.4) is 0 Å². The molecule has 0 bridgehead atoms. The van der Waals surface area contributed by atoms with Crippen molar-refractivity contribution >= 4 is 44.7 Å². The molecule has 4 N–H and O–H groups in total. The minimum atomic E-state index is -0.571. The van der Waals surface area contributed by atoms with Gasteiger partial charge in [-0.25, -0.2) is 0 Å². The molecule has 26 heavy (non-hydrogen) atoms. The van der Waals surface area contributed by atoms with Crippen molar-refractivity contribution in [3.63, 3.8) is 0 Å². The van der Waals surface area contributed by atoms with Crippen LogP contribution in [0, 0.1) is 0 Å². The number of anilines is 1. The third-order valence-corrected chi connectivity index (χ3v) is 5.89. The topological polar surface area (TPSA) is 92.9 Å². The van der Waals surface area contributed by atoms with Gasteiger partial charge < -0.3 is 16.4 Å². The summed E-state index contributed by atoms with van der Waals surface area (Å²) in [5.41, 5.74) is 6.73. The fraction of sp³-hybridized carbons (Fsp3) is 0.278. The second kappa shape index (κ2) is 7.19. The SMILES string of the molecule is NC(=O)c1nnc(N[C@H]2CCCNC2)c2cc(-c3ccc(Cl)cc3)sc12. The smallest absolute Gasteiger partial charge is 0.270 e. The zero-order valence-corrected chi connectivity index (χ0v) is 15.5. The Kier molecular flexibility index (Phi) is 4.76. The standard InChI is InChI=1S/C18H18ClN5OS/c19-11-5-3-10(4-6-11)14-8-13-16(26-14)15(17(20)25)23-24-18(13)22-12-2-1-7-21-9-12/h3-6,8,12,21H,1-2,7,9H2,(H2,20,25)(H,22,24)/t12-/m0/s1. The number of hydrogen-bond donors (Lipinski definition) is 3. The summed E-state index contributed by atoms with van der Waals surface area (Å²) >= 11 is 7.47. The number of nitrogens with one attached hydrogen (secondary N) is 2. The Bertz CT molecular complexity index is 950. The van der Waals surface area contributed by atoms with Crippen molar-refractivity contribution in [2.45, 2.75) is 18.9 Å². The van der Waals surface area contributed by atoms with Crippen LogP contribution in [0.25, 0.3) is 20.5 Å². The maximum atomic E-state index is 11.8. The van der Waals surface area contributed by atoms with E-state index in [-0.39, 0.29) is 5.69 Å². The molecule has 1 fully saturated rings. The third-order valence-electron chi connectivity index (χ3n) is 4.45. The van der Waals surface area contributed by atoms with Crippen molar-refractivity contribution in [1.82, 2.24) is 15.5 Å². The van der Waals surface area contributed by atoms with Crippen LogP contribution in [0.4, 0.5) is 5.82 Å². The van der Waals surface area contributed by atoms with Gasteiger partial charge in [-0.2, -0.15) is 0 Å². The summed E-state index contributed by atoms with van der Waals surface area (Å²) in [5.74, 6) is 0.119. The van der Waals surface area contributed by atoms with Gasteiger partial charge in [-0.15, -0.1) is 21.5 Å². The molecule has 4 rings (SSSR count). The largest absolute Gasteiger partial charge is 0.364 e. The van der Waals surface area contributed by atoms with E-state index in [0.717, 1.165) is 46.5 Å². The van der Waals surface area contributed by atoms with Crippen molar-refractivity contribution in [1.29, 1.82) is 0 Å². The van der Waals surface area contributed by atoms with E-state index in [0.29, 0.717) is 16.9 Å². The average molecular weight is 388 g/mol. The normalized spacial score (nSPS) is 17.3. The molecule has 6 nitrogen and oxygen atoms in total. The predicted molar refractivity (Wildman–Crippen MR) is 106 cm³/mol. The molecule has 1 aromatic carbocycles. The van der Waals surface area contributed by atoms with Crippen molar-refractivity contribution in [3.8, 4) is 10.4 Å². The minimum absolute atomic E-state index is 0.206. The maximum Gasteiger partial charge on any atom is 0.270 e. The Hall–Kier alpha value is -2.22. The number of nitrogens with two attached hydrogens (primary N) is 1. The Labute approximate surface area is 159 Å². The molecule has 1 aliphatic heterocycles. The number of nitrogens with zero attached hydrogens (tertiary/aromatic N) is 2. The van der Waals surface area contributed by atoms with E-state index in [1.807, 2.05) is 30.3 Å². The van der Waals surface area contributed by atoms with Crippen LogP contribution in [0.15, 0.2) is 30.3 Å². The molecule has 1 saturated heterocycles. The van der Waals surface area contributed by atoms with Crippen LogP contribution in [0.1, 0.15) is 23.3 Å². The van der Waals surface area contributed by atoms with Gasteiger partial charge in [0.2, 0.25) is 0 Å². The summed E-state index contributed by atoms with van der Waals surface area (Å²) in [4.78, 5) is 12.8. The van der Waals surface area contributed by atoms with Crippen molar-refractivity contribution in [3.05, 3.63) is 41.0 Å². The molecular weight excluding hydrogens is 370 g/mol. The zero-order valence-electron chi connectivity index (χ0n) is 14.0. The summed E-state index contributed by atoms with van der Waals surface area (Å²) in [6.07, 6.45) is 2.19. The number of primary amides is 1. The minimum Gasteiger partial charge on any atom is -0.364 e. The van der Waals surface area contributed by atoms with Crippen LogP contribution in [0.2, 0.25) is 5.02 Å². The number of fused-ring (bicyclic) bond motifs is 1. The van der Waals surface area contributed by atoms with Gasteiger partial charge in [0.05, 0.1) is 4.70 Å². The highest BCUT2D eigenvalue weighted by atomic mass is 35.5. The highest BCUT2D eigenvalue weighted by Gasteiger charge is 2.20. The van der Waals surface area contributed by atoms with Gasteiger partial charge in [-0.1, -0.05) is 23.7 Å². The van der Waals surface area contributed by atoms with Gasteiger partial charge >= 0.3 is 0 Å². The van der Waals surface area contributed by atoms with E-state index in [2.05, 4.69) is 20.8 Å². The van der Waals surface area contributed by atoms with Crippen LogP contribution in [0.5, 0.6) is 0 Å². The van der Waals surface area contributed by atoms with E-state index < -0.39 is 5.91 Å². The van der Waals surface area contributed by atoms with Gasteiger partial charge in [-0.05, 0) is 43.1 Å². The lowest BCUT2D eigenvalue weighted by molar-refractivity contribution is 0.0996. The number of carbonyl (C=O) groups excluding carboxylic acids is 1. The molecule has 8 heteroatoms. The molecule has 3 aromatic rings. The summed E-state index contributed by atoms with van der Waals surface area (Å²) in [7, 11) is 0. The maximum absolute atomic E-state index is 11.8. The number of thiophene rings is 1. The molecule has 0 saturated carbocycles. The highest BCUT2D eigenvalue weighted by molar-refractivity contribution is 7.22. The Balaban J connectivity index is 1.78. The van der Waals surface area contributed by atoms with Crippen LogP contribution in [-0.4, -0.2) is 35.2 Å². The molecule has 1 aliphatic rings. The average Bonchev–Trinajstić information content (AvgIpc) is 3.09. The predicted octanol–water partition coefficient (Wildman–Crippen LogP) is 3.27.